The van der Waals surface area contributed by atoms with Crippen molar-refractivity contribution >= 4 is 50.9 Å². The van der Waals surface area contributed by atoms with Gasteiger partial charge >= 0.3 is 0 Å². The van der Waals surface area contributed by atoms with Crippen LogP contribution in [0.5, 0.6) is 0 Å². The molecule has 4 heterocycles. The average molecular weight is 551 g/mol. The van der Waals surface area contributed by atoms with E-state index in [-0.39, 0.29) is 29.6 Å². The Labute approximate surface area is 237 Å². The molecule has 3 aromatic carbocycles. The minimum Gasteiger partial charge on any atom is -0.361 e. The van der Waals surface area contributed by atoms with Crippen LogP contribution in [-0.4, -0.2) is 46.3 Å². The standard InChI is InChI=1S/C33H31ClN4O2/c1-21-16-23(34)10-11-30(21)38-20-22(17-31(38)39)32(40)37-14-12-33(13-15-37,26-18-35-28-8-4-2-6-24(26)28)27-19-36-29-9-5-3-7-25(27)29/h2-11,16,18-19,22,35-36H,12-15,17,20H2,1H3/t22-/m1/s1. The van der Waals surface area contributed by atoms with E-state index in [4.69, 9.17) is 11.6 Å². The highest BCUT2D eigenvalue weighted by Crippen LogP contribution is 2.47. The molecule has 2 fully saturated rings. The van der Waals surface area contributed by atoms with Gasteiger partial charge in [0.2, 0.25) is 11.8 Å². The van der Waals surface area contributed by atoms with E-state index in [1.807, 2.05) is 24.0 Å². The highest BCUT2D eigenvalue weighted by atomic mass is 35.5. The zero-order chi connectivity index (χ0) is 27.4. The number of hydrogen-bond acceptors (Lipinski definition) is 2. The number of carbonyl (C=O) groups excluding carboxylic acids is 2. The molecule has 0 saturated carbocycles. The molecule has 1 atom stereocenters. The second-order valence-electron chi connectivity index (χ2n) is 11.2. The maximum Gasteiger partial charge on any atom is 0.228 e. The van der Waals surface area contributed by atoms with Gasteiger partial charge in [-0.25, -0.2) is 0 Å². The lowest BCUT2D eigenvalue weighted by Crippen LogP contribution is -2.47. The number of para-hydroxylation sites is 2. The Hall–Kier alpha value is -4.03. The van der Waals surface area contributed by atoms with Crippen LogP contribution in [0, 0.1) is 12.8 Å². The Morgan fingerprint density at radius 3 is 2.10 bits per heavy atom. The van der Waals surface area contributed by atoms with Gasteiger partial charge in [0.05, 0.1) is 5.92 Å². The lowest BCUT2D eigenvalue weighted by Gasteiger charge is -2.43. The van der Waals surface area contributed by atoms with Crippen LogP contribution < -0.4 is 4.90 Å². The molecule has 2 aliphatic rings. The summed E-state index contributed by atoms with van der Waals surface area (Å²) in [5.41, 5.74) is 6.33. The van der Waals surface area contributed by atoms with Crippen LogP contribution in [0.25, 0.3) is 21.8 Å². The van der Waals surface area contributed by atoms with Crippen molar-refractivity contribution in [1.82, 2.24) is 14.9 Å². The third-order valence-corrected chi connectivity index (χ3v) is 9.30. The second-order valence-corrected chi connectivity index (χ2v) is 11.7. The third kappa shape index (κ3) is 3.93. The number of halogens is 1. The Bertz CT molecular complexity index is 1680. The van der Waals surface area contributed by atoms with E-state index in [1.54, 1.807) is 11.0 Å². The van der Waals surface area contributed by atoms with E-state index in [0.717, 1.165) is 35.1 Å². The normalized spacial score (nSPS) is 19.1. The van der Waals surface area contributed by atoms with Crippen LogP contribution in [0.4, 0.5) is 5.69 Å². The lowest BCUT2D eigenvalue weighted by atomic mass is 9.67. The van der Waals surface area contributed by atoms with Gasteiger partial charge in [0.1, 0.15) is 0 Å². The predicted molar refractivity (Wildman–Crippen MR) is 160 cm³/mol. The van der Waals surface area contributed by atoms with Gasteiger partial charge in [-0.15, -0.1) is 0 Å². The van der Waals surface area contributed by atoms with Crippen molar-refractivity contribution in [3.05, 3.63) is 101 Å². The molecule has 5 aromatic rings. The average Bonchev–Trinajstić information content (AvgIpc) is 3.70. The summed E-state index contributed by atoms with van der Waals surface area (Å²) in [6.07, 6.45) is 6.18. The van der Waals surface area contributed by atoms with Gasteiger partial charge in [0.15, 0.2) is 0 Å². The van der Waals surface area contributed by atoms with Gasteiger partial charge in [-0.2, -0.15) is 0 Å². The first kappa shape index (κ1) is 25.0. The van der Waals surface area contributed by atoms with Gasteiger partial charge in [-0.1, -0.05) is 48.0 Å². The number of aromatic amines is 2. The van der Waals surface area contributed by atoms with Gasteiger partial charge in [-0.05, 0) is 66.8 Å². The number of anilines is 1. The molecular formula is C33H31ClN4O2. The van der Waals surface area contributed by atoms with Gasteiger partial charge in [0.25, 0.3) is 0 Å². The van der Waals surface area contributed by atoms with Crippen LogP contribution in [0.3, 0.4) is 0 Å². The molecule has 0 spiro atoms. The number of rotatable bonds is 4. The van der Waals surface area contributed by atoms with Crippen LogP contribution in [0.2, 0.25) is 5.02 Å². The summed E-state index contributed by atoms with van der Waals surface area (Å²) in [6.45, 7) is 3.64. The lowest BCUT2D eigenvalue weighted by molar-refractivity contribution is -0.137. The first-order chi connectivity index (χ1) is 19.4. The van der Waals surface area contributed by atoms with E-state index in [0.29, 0.717) is 24.7 Å². The molecule has 2 aromatic heterocycles. The van der Waals surface area contributed by atoms with Crippen molar-refractivity contribution in [1.29, 1.82) is 0 Å². The number of nitrogens with zero attached hydrogens (tertiary/aromatic N) is 2. The summed E-state index contributed by atoms with van der Waals surface area (Å²) in [5.74, 6) is -0.266. The SMILES string of the molecule is Cc1cc(Cl)ccc1N1C[C@H](C(=O)N2CCC(c3c[nH]c4ccccc34)(c3c[nH]c4ccccc34)CC2)CC1=O. The van der Waals surface area contributed by atoms with Crippen molar-refractivity contribution < 1.29 is 9.59 Å². The Balaban J connectivity index is 1.18. The number of aryl methyl sites for hydroxylation is 1. The molecule has 2 saturated heterocycles. The minimum atomic E-state index is -0.337. The van der Waals surface area contributed by atoms with Crippen LogP contribution in [0.15, 0.2) is 79.1 Å². The van der Waals surface area contributed by atoms with Gasteiger partial charge < -0.3 is 19.8 Å². The summed E-state index contributed by atoms with van der Waals surface area (Å²) >= 11 is 6.13. The number of piperidine rings is 1. The maximum absolute atomic E-state index is 13.8. The fourth-order valence-electron chi connectivity index (χ4n) is 7.01. The molecule has 0 unspecified atom stereocenters. The molecule has 40 heavy (non-hydrogen) atoms. The van der Waals surface area contributed by atoms with Crippen molar-refractivity contribution in [3.8, 4) is 0 Å². The van der Waals surface area contributed by atoms with E-state index in [2.05, 4.69) is 70.9 Å². The van der Waals surface area contributed by atoms with E-state index in [1.165, 1.54) is 21.9 Å². The molecule has 202 valence electrons. The zero-order valence-corrected chi connectivity index (χ0v) is 23.2. The summed E-state index contributed by atoms with van der Waals surface area (Å²) in [7, 11) is 0. The number of H-pyrrole nitrogens is 2. The fourth-order valence-corrected chi connectivity index (χ4v) is 7.24. The zero-order valence-electron chi connectivity index (χ0n) is 22.4. The predicted octanol–water partition coefficient (Wildman–Crippen LogP) is 6.57. The molecule has 2 N–H and O–H groups in total. The Morgan fingerprint density at radius 1 is 0.900 bits per heavy atom. The molecule has 2 amide bonds. The van der Waals surface area contributed by atoms with E-state index >= 15 is 0 Å². The number of carbonyl (C=O) groups is 2. The summed E-state index contributed by atoms with van der Waals surface area (Å²) in [5, 5.41) is 3.09. The molecule has 0 aliphatic carbocycles. The van der Waals surface area contributed by atoms with Crippen molar-refractivity contribution in [3.63, 3.8) is 0 Å². The number of hydrogen-bond donors (Lipinski definition) is 2. The van der Waals surface area contributed by atoms with E-state index < -0.39 is 0 Å². The molecule has 7 rings (SSSR count). The summed E-state index contributed by atoms with van der Waals surface area (Å²) < 4.78 is 0. The van der Waals surface area contributed by atoms with Crippen molar-refractivity contribution in [2.45, 2.75) is 31.6 Å². The number of benzene rings is 3. The monoisotopic (exact) mass is 550 g/mol. The number of likely N-dealkylation sites (tertiary alicyclic amines) is 1. The first-order valence-electron chi connectivity index (χ1n) is 13.9. The quantitative estimate of drug-likeness (QED) is 0.265. The van der Waals surface area contributed by atoms with Crippen molar-refractivity contribution in [2.75, 3.05) is 24.5 Å². The smallest absolute Gasteiger partial charge is 0.228 e. The van der Waals surface area contributed by atoms with Gasteiger partial charge in [0, 0.05) is 76.4 Å². The summed E-state index contributed by atoms with van der Waals surface area (Å²) in [4.78, 5) is 37.5. The van der Waals surface area contributed by atoms with Crippen LogP contribution >= 0.6 is 11.6 Å². The number of fused-ring (bicyclic) bond motifs is 2. The topological polar surface area (TPSA) is 72.2 Å². The second kappa shape index (κ2) is 9.56. The molecule has 0 bridgehead atoms. The number of amides is 2. The third-order valence-electron chi connectivity index (χ3n) is 9.06. The fraction of sp³-hybridized carbons (Fsp3) is 0.273. The minimum absolute atomic E-state index is 0.00675. The van der Waals surface area contributed by atoms with Crippen LogP contribution in [0.1, 0.15) is 36.0 Å². The molecule has 7 heteroatoms. The number of aromatic nitrogens is 2. The molecule has 6 nitrogen and oxygen atoms in total. The highest BCUT2D eigenvalue weighted by molar-refractivity contribution is 6.30. The first-order valence-corrected chi connectivity index (χ1v) is 14.3. The molecular weight excluding hydrogens is 520 g/mol. The van der Waals surface area contributed by atoms with Crippen LogP contribution in [-0.2, 0) is 15.0 Å². The number of nitrogens with one attached hydrogen (secondary N) is 2. The van der Waals surface area contributed by atoms with Gasteiger partial charge in [-0.3, -0.25) is 9.59 Å². The molecule has 2 aliphatic heterocycles. The Kier molecular flexibility index (Phi) is 5.97. The largest absolute Gasteiger partial charge is 0.361 e. The maximum atomic E-state index is 13.8. The van der Waals surface area contributed by atoms with E-state index in [9.17, 15) is 9.59 Å². The molecule has 0 radical (unpaired) electrons. The van der Waals surface area contributed by atoms with Crippen molar-refractivity contribution in [2.24, 2.45) is 5.92 Å². The highest BCUT2D eigenvalue weighted by Gasteiger charge is 2.44. The Morgan fingerprint density at radius 2 is 1.50 bits per heavy atom. The summed E-state index contributed by atoms with van der Waals surface area (Å²) in [6, 6.07) is 22.4.